The van der Waals surface area contributed by atoms with Crippen LogP contribution in [0.25, 0.3) is 0 Å². The number of carbonyl (C=O) groups excluding carboxylic acids is 1. The van der Waals surface area contributed by atoms with Crippen LogP contribution in [0.15, 0.2) is 6.07 Å². The number of halogens is 1. The van der Waals surface area contributed by atoms with E-state index in [0.717, 1.165) is 25.1 Å². The van der Waals surface area contributed by atoms with Gasteiger partial charge in [-0.25, -0.2) is 0 Å². The molecule has 0 aliphatic carbocycles. The van der Waals surface area contributed by atoms with Crippen LogP contribution in [0.5, 0.6) is 0 Å². The van der Waals surface area contributed by atoms with E-state index >= 15 is 0 Å². The monoisotopic (exact) mass is 244 g/mol. The van der Waals surface area contributed by atoms with Gasteiger partial charge in [0.2, 0.25) is 5.91 Å². The summed E-state index contributed by atoms with van der Waals surface area (Å²) in [6.45, 7) is 2.88. The van der Waals surface area contributed by atoms with Crippen molar-refractivity contribution >= 4 is 24.1 Å². The van der Waals surface area contributed by atoms with E-state index in [-0.39, 0.29) is 24.4 Å². The molecule has 0 saturated carbocycles. The molecule has 16 heavy (non-hydrogen) atoms. The lowest BCUT2D eigenvalue weighted by molar-refractivity contribution is -0.117. The Hall–Kier alpha value is -1.07. The van der Waals surface area contributed by atoms with Crippen LogP contribution >= 0.6 is 12.4 Å². The molecule has 0 aromatic carbocycles. The number of nitrogens with zero attached hydrogens (tertiary/aromatic N) is 2. The molecule has 5 nitrogen and oxygen atoms in total. The van der Waals surface area contributed by atoms with Crippen molar-refractivity contribution < 1.29 is 4.79 Å². The molecule has 2 heterocycles. The highest BCUT2D eigenvalue weighted by molar-refractivity contribution is 5.94. The van der Waals surface area contributed by atoms with Gasteiger partial charge in [0.15, 0.2) is 5.82 Å². The molecule has 2 rings (SSSR count). The molecular weight excluding hydrogens is 228 g/mol. The zero-order valence-electron chi connectivity index (χ0n) is 9.49. The average Bonchev–Trinajstić information content (AvgIpc) is 2.77. The van der Waals surface area contributed by atoms with E-state index in [1.165, 1.54) is 0 Å². The van der Waals surface area contributed by atoms with Crippen LogP contribution in [-0.4, -0.2) is 28.3 Å². The highest BCUT2D eigenvalue weighted by Crippen LogP contribution is 2.10. The lowest BCUT2D eigenvalue weighted by atomic mass is 10.2. The first kappa shape index (κ1) is 13.0. The molecule has 6 heteroatoms. The Morgan fingerprint density at radius 1 is 1.69 bits per heavy atom. The summed E-state index contributed by atoms with van der Waals surface area (Å²) in [4.78, 5) is 11.7. The molecule has 1 aliphatic heterocycles. The Morgan fingerprint density at radius 3 is 2.94 bits per heavy atom. The quantitative estimate of drug-likeness (QED) is 0.811. The largest absolute Gasteiger partial charge is 0.308 e. The maximum Gasteiger partial charge on any atom is 0.242 e. The number of amides is 1. The summed E-state index contributed by atoms with van der Waals surface area (Å²) in [5, 5.41) is 10.1. The molecule has 1 saturated heterocycles. The lowest BCUT2D eigenvalue weighted by Gasteiger charge is -2.08. The van der Waals surface area contributed by atoms with E-state index in [4.69, 9.17) is 0 Å². The van der Waals surface area contributed by atoms with Crippen molar-refractivity contribution in [2.45, 2.75) is 25.8 Å². The van der Waals surface area contributed by atoms with Gasteiger partial charge in [-0.1, -0.05) is 0 Å². The minimum absolute atomic E-state index is 0. The van der Waals surface area contributed by atoms with Crippen molar-refractivity contribution in [3.63, 3.8) is 0 Å². The summed E-state index contributed by atoms with van der Waals surface area (Å²) in [5.41, 5.74) is 1.03. The molecule has 90 valence electrons. The number of hydrogen-bond acceptors (Lipinski definition) is 3. The fourth-order valence-electron chi connectivity index (χ4n) is 1.74. The molecule has 0 radical (unpaired) electrons. The van der Waals surface area contributed by atoms with Gasteiger partial charge in [0, 0.05) is 18.8 Å². The summed E-state index contributed by atoms with van der Waals surface area (Å²) in [5.74, 6) is 0.652. The fraction of sp³-hybridized carbons (Fsp3) is 0.600. The Bertz CT molecular complexity index is 351. The first-order valence-corrected chi connectivity index (χ1v) is 5.22. The number of anilines is 1. The number of aromatic nitrogens is 2. The minimum Gasteiger partial charge on any atom is -0.308 e. The second-order valence-electron chi connectivity index (χ2n) is 3.93. The molecule has 1 atom stereocenters. The van der Waals surface area contributed by atoms with E-state index in [1.54, 1.807) is 4.68 Å². The molecule has 0 bridgehead atoms. The topological polar surface area (TPSA) is 59.0 Å². The van der Waals surface area contributed by atoms with Crippen molar-refractivity contribution in [3.05, 3.63) is 11.8 Å². The van der Waals surface area contributed by atoms with Crippen molar-refractivity contribution in [1.82, 2.24) is 15.1 Å². The van der Waals surface area contributed by atoms with E-state index in [0.29, 0.717) is 5.82 Å². The molecule has 1 unspecified atom stereocenters. The summed E-state index contributed by atoms with van der Waals surface area (Å²) in [7, 11) is 1.86. The van der Waals surface area contributed by atoms with Crippen LogP contribution in [0.4, 0.5) is 5.82 Å². The van der Waals surface area contributed by atoms with Gasteiger partial charge in [0.1, 0.15) is 0 Å². The predicted octanol–water partition coefficient (Wildman–Crippen LogP) is 0.841. The van der Waals surface area contributed by atoms with Crippen molar-refractivity contribution in [1.29, 1.82) is 0 Å². The summed E-state index contributed by atoms with van der Waals surface area (Å²) >= 11 is 0. The highest BCUT2D eigenvalue weighted by atomic mass is 35.5. The molecule has 1 aromatic rings. The van der Waals surface area contributed by atoms with Crippen LogP contribution in [0.1, 0.15) is 18.5 Å². The Labute approximate surface area is 101 Å². The van der Waals surface area contributed by atoms with Gasteiger partial charge in [-0.05, 0) is 26.3 Å². The van der Waals surface area contributed by atoms with Gasteiger partial charge in [-0.15, -0.1) is 12.4 Å². The third-order valence-electron chi connectivity index (χ3n) is 2.74. The third kappa shape index (κ3) is 2.74. The van der Waals surface area contributed by atoms with Gasteiger partial charge in [0.25, 0.3) is 0 Å². The maximum absolute atomic E-state index is 11.7. The molecule has 1 aromatic heterocycles. The molecule has 1 fully saturated rings. The van der Waals surface area contributed by atoms with Crippen molar-refractivity contribution in [2.24, 2.45) is 7.05 Å². The summed E-state index contributed by atoms with van der Waals surface area (Å²) in [6, 6.07) is 1.82. The summed E-state index contributed by atoms with van der Waals surface area (Å²) < 4.78 is 1.75. The molecule has 0 spiro atoms. The van der Waals surface area contributed by atoms with E-state index < -0.39 is 0 Å². The SMILES string of the molecule is Cc1cc(NC(=O)C2CCCN2)nn1C.Cl. The smallest absolute Gasteiger partial charge is 0.242 e. The second-order valence-corrected chi connectivity index (χ2v) is 3.93. The molecule has 1 aliphatic rings. The van der Waals surface area contributed by atoms with Crippen LogP contribution in [-0.2, 0) is 11.8 Å². The first-order valence-electron chi connectivity index (χ1n) is 5.22. The van der Waals surface area contributed by atoms with E-state index in [9.17, 15) is 4.79 Å². The summed E-state index contributed by atoms with van der Waals surface area (Å²) in [6.07, 6.45) is 1.98. The second kappa shape index (κ2) is 5.32. The standard InChI is InChI=1S/C10H16N4O.ClH/c1-7-6-9(13-14(7)2)12-10(15)8-4-3-5-11-8;/h6,8,11H,3-5H2,1-2H3,(H,12,13,15);1H. The van der Waals surface area contributed by atoms with E-state index in [2.05, 4.69) is 15.7 Å². The van der Waals surface area contributed by atoms with Crippen molar-refractivity contribution in [3.8, 4) is 0 Å². The highest BCUT2D eigenvalue weighted by Gasteiger charge is 2.22. The predicted molar refractivity (Wildman–Crippen MR) is 64.8 cm³/mol. The molecular formula is C10H17ClN4O. The van der Waals surface area contributed by atoms with Crippen molar-refractivity contribution in [2.75, 3.05) is 11.9 Å². The minimum atomic E-state index is -0.0488. The van der Waals surface area contributed by atoms with Gasteiger partial charge >= 0.3 is 0 Å². The molecule has 1 amide bonds. The van der Waals surface area contributed by atoms with Gasteiger partial charge in [-0.3, -0.25) is 9.48 Å². The first-order chi connectivity index (χ1) is 7.16. The fourth-order valence-corrected chi connectivity index (χ4v) is 1.74. The number of carbonyl (C=O) groups is 1. The van der Waals surface area contributed by atoms with Gasteiger partial charge < -0.3 is 10.6 Å². The maximum atomic E-state index is 11.7. The van der Waals surface area contributed by atoms with Crippen LogP contribution in [0, 0.1) is 6.92 Å². The average molecular weight is 245 g/mol. The number of aryl methyl sites for hydroxylation is 2. The number of hydrogen-bond donors (Lipinski definition) is 2. The Morgan fingerprint density at radius 2 is 2.44 bits per heavy atom. The van der Waals surface area contributed by atoms with Gasteiger partial charge in [0.05, 0.1) is 6.04 Å². The zero-order valence-corrected chi connectivity index (χ0v) is 10.3. The van der Waals surface area contributed by atoms with Crippen LogP contribution in [0.3, 0.4) is 0 Å². The van der Waals surface area contributed by atoms with Gasteiger partial charge in [-0.2, -0.15) is 5.10 Å². The normalized spacial score (nSPS) is 19.2. The zero-order chi connectivity index (χ0) is 10.8. The Balaban J connectivity index is 0.00000128. The molecule has 2 N–H and O–H groups in total. The van der Waals surface area contributed by atoms with Crippen LogP contribution in [0.2, 0.25) is 0 Å². The Kier molecular flexibility index (Phi) is 4.32. The van der Waals surface area contributed by atoms with E-state index in [1.807, 2.05) is 20.0 Å². The number of nitrogens with one attached hydrogen (secondary N) is 2. The lowest BCUT2D eigenvalue weighted by Crippen LogP contribution is -2.35. The van der Waals surface area contributed by atoms with Crippen LogP contribution < -0.4 is 10.6 Å². The third-order valence-corrected chi connectivity index (χ3v) is 2.74. The number of rotatable bonds is 2.